The van der Waals surface area contributed by atoms with Crippen LogP contribution in [0.1, 0.15) is 16.7 Å². The van der Waals surface area contributed by atoms with Crippen molar-refractivity contribution in [1.29, 1.82) is 0 Å². The Morgan fingerprint density at radius 3 is 2.48 bits per heavy atom. The minimum atomic E-state index is -0.132. The number of rotatable bonds is 8. The number of carbonyl (C=O) groups excluding carboxylic acids is 1. The molecule has 0 fully saturated rings. The fourth-order valence-electron chi connectivity index (χ4n) is 2.80. The van der Waals surface area contributed by atoms with E-state index in [1.54, 1.807) is 30.8 Å². The van der Waals surface area contributed by atoms with Gasteiger partial charge in [-0.15, -0.1) is 11.8 Å². The Kier molecular flexibility index (Phi) is 7.85. The van der Waals surface area contributed by atoms with Gasteiger partial charge in [-0.1, -0.05) is 12.1 Å². The van der Waals surface area contributed by atoms with Gasteiger partial charge in [0.2, 0.25) is 0 Å². The number of hydrogen-bond donors (Lipinski definition) is 1. The summed E-state index contributed by atoms with van der Waals surface area (Å²) in [5.41, 5.74) is 3.35. The molecule has 0 unspecified atom stereocenters. The zero-order chi connectivity index (χ0) is 19.8. The topological polar surface area (TPSA) is 50.8 Å². The average Bonchev–Trinajstić information content (AvgIpc) is 2.64. The van der Waals surface area contributed by atoms with Crippen LogP contribution in [0.2, 0.25) is 0 Å². The highest BCUT2D eigenvalue weighted by Gasteiger charge is 2.10. The molecule has 2 aromatic carbocycles. The molecule has 2 amide bonds. The summed E-state index contributed by atoms with van der Waals surface area (Å²) in [5.74, 6) is 1.66. The molecular formula is C21H28N2O3S. The van der Waals surface area contributed by atoms with Crippen molar-refractivity contribution in [2.24, 2.45) is 0 Å². The number of aryl methyl sites for hydroxylation is 2. The fraction of sp³-hybridized carbons (Fsp3) is 0.381. The Morgan fingerprint density at radius 2 is 1.85 bits per heavy atom. The van der Waals surface area contributed by atoms with Crippen LogP contribution < -0.4 is 14.8 Å². The molecule has 2 rings (SSSR count). The zero-order valence-electron chi connectivity index (χ0n) is 16.7. The number of nitrogens with one attached hydrogen (secondary N) is 1. The fourth-order valence-corrected chi connectivity index (χ4v) is 3.35. The summed E-state index contributed by atoms with van der Waals surface area (Å²) in [6.07, 6.45) is 2.01. The molecule has 0 saturated carbocycles. The van der Waals surface area contributed by atoms with Gasteiger partial charge in [0.05, 0.1) is 13.7 Å². The number of methoxy groups -OCH3 is 1. The van der Waals surface area contributed by atoms with Crippen LogP contribution in [0.25, 0.3) is 0 Å². The molecular weight excluding hydrogens is 360 g/mol. The molecule has 0 aliphatic carbocycles. The largest absolute Gasteiger partial charge is 0.496 e. The van der Waals surface area contributed by atoms with E-state index in [1.807, 2.05) is 50.4 Å². The predicted molar refractivity (Wildman–Crippen MR) is 111 cm³/mol. The number of hydrogen-bond acceptors (Lipinski definition) is 4. The summed E-state index contributed by atoms with van der Waals surface area (Å²) in [6.45, 7) is 5.47. The lowest BCUT2D eigenvalue weighted by Crippen LogP contribution is -2.38. The molecule has 5 nitrogen and oxygen atoms in total. The molecule has 0 aliphatic heterocycles. The molecule has 1 N–H and O–H groups in total. The minimum Gasteiger partial charge on any atom is -0.496 e. The molecule has 0 radical (unpaired) electrons. The minimum absolute atomic E-state index is 0.132. The number of benzene rings is 2. The third-order valence-electron chi connectivity index (χ3n) is 4.06. The monoisotopic (exact) mass is 388 g/mol. The lowest BCUT2D eigenvalue weighted by Gasteiger charge is -2.19. The second-order valence-corrected chi connectivity index (χ2v) is 7.30. The highest BCUT2D eigenvalue weighted by Crippen LogP contribution is 2.28. The maximum Gasteiger partial charge on any atom is 0.317 e. The highest BCUT2D eigenvalue weighted by atomic mass is 32.2. The van der Waals surface area contributed by atoms with E-state index < -0.39 is 0 Å². The van der Waals surface area contributed by atoms with Crippen molar-refractivity contribution in [3.05, 3.63) is 53.1 Å². The van der Waals surface area contributed by atoms with Crippen molar-refractivity contribution in [3.8, 4) is 11.5 Å². The molecule has 0 bridgehead atoms. The van der Waals surface area contributed by atoms with Crippen molar-refractivity contribution in [1.82, 2.24) is 10.2 Å². The third-order valence-corrected chi connectivity index (χ3v) is 4.83. The van der Waals surface area contributed by atoms with Gasteiger partial charge in [-0.3, -0.25) is 0 Å². The van der Waals surface area contributed by atoms with Gasteiger partial charge in [0.1, 0.15) is 18.1 Å². The maximum atomic E-state index is 12.3. The van der Waals surface area contributed by atoms with Crippen LogP contribution in [0.15, 0.2) is 41.3 Å². The van der Waals surface area contributed by atoms with Crippen molar-refractivity contribution in [3.63, 3.8) is 0 Å². The van der Waals surface area contributed by atoms with Gasteiger partial charge in [-0.05, 0) is 61.1 Å². The zero-order valence-corrected chi connectivity index (χ0v) is 17.5. The van der Waals surface area contributed by atoms with Crippen LogP contribution in [-0.2, 0) is 6.54 Å². The van der Waals surface area contributed by atoms with E-state index in [1.165, 1.54) is 0 Å². The summed E-state index contributed by atoms with van der Waals surface area (Å²) in [6, 6.07) is 12.0. The number of carbonyl (C=O) groups is 1. The highest BCUT2D eigenvalue weighted by molar-refractivity contribution is 7.98. The number of thioether (sulfide) groups is 1. The first-order valence-corrected chi connectivity index (χ1v) is 10.1. The van der Waals surface area contributed by atoms with Gasteiger partial charge in [0.15, 0.2) is 0 Å². The number of amides is 2. The van der Waals surface area contributed by atoms with Crippen LogP contribution in [-0.4, -0.2) is 44.5 Å². The number of urea groups is 1. The normalized spacial score (nSPS) is 10.4. The first kappa shape index (κ1) is 21.0. The van der Waals surface area contributed by atoms with E-state index in [-0.39, 0.29) is 6.03 Å². The molecule has 146 valence electrons. The summed E-state index contributed by atoms with van der Waals surface area (Å²) in [4.78, 5) is 15.0. The molecule has 0 heterocycles. The van der Waals surface area contributed by atoms with Crippen LogP contribution in [0.5, 0.6) is 11.5 Å². The second-order valence-electron chi connectivity index (χ2n) is 6.45. The van der Waals surface area contributed by atoms with Gasteiger partial charge in [-0.2, -0.15) is 0 Å². The van der Waals surface area contributed by atoms with Crippen LogP contribution in [0, 0.1) is 13.8 Å². The van der Waals surface area contributed by atoms with E-state index in [0.29, 0.717) is 19.7 Å². The standard InChI is InChI=1S/C21H28N2O3S/c1-15-10-16(2)12-18(11-15)26-9-8-22-21(24)23(3)14-17-6-7-20(27-5)19(13-17)25-4/h6-7,10-13H,8-9,14H2,1-5H3,(H,22,24). The van der Waals surface area contributed by atoms with Crippen molar-refractivity contribution in [2.45, 2.75) is 25.3 Å². The molecule has 0 aromatic heterocycles. The molecule has 2 aromatic rings. The number of ether oxygens (including phenoxy) is 2. The Hall–Kier alpha value is -2.34. The SMILES string of the molecule is COc1cc(CN(C)C(=O)NCCOc2cc(C)cc(C)c2)ccc1SC. The second kappa shape index (κ2) is 10.1. The quantitative estimate of drug-likeness (QED) is 0.542. The van der Waals surface area contributed by atoms with Crippen LogP contribution in [0.4, 0.5) is 4.79 Å². The Bertz CT molecular complexity index is 760. The molecule has 0 spiro atoms. The van der Waals surface area contributed by atoms with Gasteiger partial charge >= 0.3 is 6.03 Å². The lowest BCUT2D eigenvalue weighted by atomic mass is 10.1. The molecule has 0 atom stereocenters. The maximum absolute atomic E-state index is 12.3. The first-order valence-electron chi connectivity index (χ1n) is 8.84. The van der Waals surface area contributed by atoms with Crippen molar-refractivity contribution < 1.29 is 14.3 Å². The molecule has 27 heavy (non-hydrogen) atoms. The van der Waals surface area contributed by atoms with Gasteiger partial charge in [-0.25, -0.2) is 4.79 Å². The third kappa shape index (κ3) is 6.40. The predicted octanol–water partition coefficient (Wildman–Crippen LogP) is 4.25. The Balaban J connectivity index is 1.80. The smallest absolute Gasteiger partial charge is 0.317 e. The van der Waals surface area contributed by atoms with E-state index in [9.17, 15) is 4.79 Å². The van der Waals surface area contributed by atoms with Crippen molar-refractivity contribution >= 4 is 17.8 Å². The van der Waals surface area contributed by atoms with Gasteiger partial charge in [0.25, 0.3) is 0 Å². The summed E-state index contributed by atoms with van der Waals surface area (Å²) in [7, 11) is 3.43. The summed E-state index contributed by atoms with van der Waals surface area (Å²) < 4.78 is 11.1. The van der Waals surface area contributed by atoms with E-state index in [4.69, 9.17) is 9.47 Å². The summed E-state index contributed by atoms with van der Waals surface area (Å²) in [5, 5.41) is 2.88. The summed E-state index contributed by atoms with van der Waals surface area (Å²) >= 11 is 1.64. The Morgan fingerprint density at radius 1 is 1.15 bits per heavy atom. The molecule has 0 saturated heterocycles. The van der Waals surface area contributed by atoms with Crippen molar-refractivity contribution in [2.75, 3.05) is 33.6 Å². The molecule has 6 heteroatoms. The Labute approximate surface area is 166 Å². The van der Waals surface area contributed by atoms with E-state index in [0.717, 1.165) is 33.1 Å². The van der Waals surface area contributed by atoms with Crippen LogP contribution in [0.3, 0.4) is 0 Å². The lowest BCUT2D eigenvalue weighted by molar-refractivity contribution is 0.203. The van der Waals surface area contributed by atoms with E-state index in [2.05, 4.69) is 11.4 Å². The number of nitrogens with zero attached hydrogens (tertiary/aromatic N) is 1. The molecule has 0 aliphatic rings. The van der Waals surface area contributed by atoms with Gasteiger partial charge in [0, 0.05) is 18.5 Å². The average molecular weight is 389 g/mol. The van der Waals surface area contributed by atoms with E-state index >= 15 is 0 Å². The van der Waals surface area contributed by atoms with Crippen LogP contribution >= 0.6 is 11.8 Å². The van der Waals surface area contributed by atoms with Gasteiger partial charge < -0.3 is 19.7 Å². The first-order chi connectivity index (χ1) is 12.9.